The lowest BCUT2D eigenvalue weighted by Crippen LogP contribution is -2.00. The first-order valence-electron chi connectivity index (χ1n) is 7.58. The number of carboxylic acids is 1. The molecule has 4 rings (SSSR count). The molecular formula is C19H11Cl2NO4. The molecule has 5 nitrogen and oxygen atoms in total. The number of carbonyl (C=O) groups is 1. The predicted octanol–water partition coefficient (Wildman–Crippen LogP) is 5.66. The van der Waals surface area contributed by atoms with Gasteiger partial charge in [0.15, 0.2) is 17.1 Å². The molecule has 0 aliphatic rings. The summed E-state index contributed by atoms with van der Waals surface area (Å²) in [6, 6.07) is 11.8. The van der Waals surface area contributed by atoms with Gasteiger partial charge in [-0.05, 0) is 30.3 Å². The number of para-hydroxylation sites is 1. The van der Waals surface area contributed by atoms with Gasteiger partial charge in [0.25, 0.3) is 0 Å². The number of pyridine rings is 1. The van der Waals surface area contributed by atoms with Crippen molar-refractivity contribution >= 4 is 51.0 Å². The Kier molecular flexibility index (Phi) is 3.98. The zero-order valence-electron chi connectivity index (χ0n) is 13.4. The van der Waals surface area contributed by atoms with E-state index in [4.69, 9.17) is 32.4 Å². The van der Waals surface area contributed by atoms with Gasteiger partial charge in [0, 0.05) is 15.8 Å². The van der Waals surface area contributed by atoms with Crippen LogP contribution in [0.4, 0.5) is 0 Å². The Morgan fingerprint density at radius 2 is 2.00 bits per heavy atom. The summed E-state index contributed by atoms with van der Waals surface area (Å²) in [7, 11) is 1.55. The third kappa shape index (κ3) is 2.66. The van der Waals surface area contributed by atoms with Crippen molar-refractivity contribution in [3.8, 4) is 17.2 Å². The zero-order valence-corrected chi connectivity index (χ0v) is 14.9. The van der Waals surface area contributed by atoms with Crippen LogP contribution in [0.3, 0.4) is 0 Å². The number of aromatic nitrogens is 1. The molecule has 0 saturated heterocycles. The molecule has 7 heteroatoms. The minimum absolute atomic E-state index is 0.0434. The standard InChI is InChI=1S/C19H11Cl2NO4/c1-25-15-4-2-3-9-5-16(26-18(9)15)14-8-12(19(23)24)11-6-10(20)7-13(21)17(11)22-14/h2-8H,1H3,(H,23,24). The average Bonchev–Trinajstić information content (AvgIpc) is 3.05. The van der Waals surface area contributed by atoms with Crippen molar-refractivity contribution in [3.63, 3.8) is 0 Å². The summed E-state index contributed by atoms with van der Waals surface area (Å²) in [6.07, 6.45) is 0. The number of hydrogen-bond acceptors (Lipinski definition) is 4. The van der Waals surface area contributed by atoms with Gasteiger partial charge < -0.3 is 14.3 Å². The number of hydrogen-bond donors (Lipinski definition) is 1. The van der Waals surface area contributed by atoms with E-state index in [1.165, 1.54) is 18.2 Å². The van der Waals surface area contributed by atoms with Crippen molar-refractivity contribution in [1.29, 1.82) is 0 Å². The van der Waals surface area contributed by atoms with Crippen LogP contribution in [0.5, 0.6) is 5.75 Å². The summed E-state index contributed by atoms with van der Waals surface area (Å²) >= 11 is 12.2. The highest BCUT2D eigenvalue weighted by atomic mass is 35.5. The summed E-state index contributed by atoms with van der Waals surface area (Å²) in [5, 5.41) is 11.4. The van der Waals surface area contributed by atoms with E-state index in [9.17, 15) is 9.90 Å². The third-order valence-electron chi connectivity index (χ3n) is 4.04. The minimum Gasteiger partial charge on any atom is -0.493 e. The predicted molar refractivity (Wildman–Crippen MR) is 100 cm³/mol. The fourth-order valence-corrected chi connectivity index (χ4v) is 3.41. The number of aromatic carboxylic acids is 1. The molecule has 2 aromatic carbocycles. The zero-order chi connectivity index (χ0) is 18.4. The molecule has 0 aliphatic carbocycles. The van der Waals surface area contributed by atoms with Crippen molar-refractivity contribution < 1.29 is 19.1 Å². The van der Waals surface area contributed by atoms with E-state index in [2.05, 4.69) is 4.98 Å². The van der Waals surface area contributed by atoms with Crippen LogP contribution in [0.15, 0.2) is 46.9 Å². The highest BCUT2D eigenvalue weighted by Gasteiger charge is 2.18. The van der Waals surface area contributed by atoms with Crippen LogP contribution in [0.2, 0.25) is 10.0 Å². The van der Waals surface area contributed by atoms with Gasteiger partial charge in [0.2, 0.25) is 0 Å². The van der Waals surface area contributed by atoms with Crippen molar-refractivity contribution in [3.05, 3.63) is 58.1 Å². The van der Waals surface area contributed by atoms with Crippen molar-refractivity contribution in [2.24, 2.45) is 0 Å². The third-order valence-corrected chi connectivity index (χ3v) is 4.55. The van der Waals surface area contributed by atoms with Gasteiger partial charge >= 0.3 is 5.97 Å². The quantitative estimate of drug-likeness (QED) is 0.490. The number of halogens is 2. The molecule has 2 heterocycles. The molecule has 1 N–H and O–H groups in total. The van der Waals surface area contributed by atoms with Gasteiger partial charge in [-0.15, -0.1) is 0 Å². The molecular weight excluding hydrogens is 377 g/mol. The number of benzene rings is 2. The van der Waals surface area contributed by atoms with Crippen LogP contribution < -0.4 is 4.74 Å². The summed E-state index contributed by atoms with van der Waals surface area (Å²) in [5.74, 6) is -0.108. The van der Waals surface area contributed by atoms with E-state index in [-0.39, 0.29) is 10.6 Å². The molecule has 130 valence electrons. The van der Waals surface area contributed by atoms with E-state index >= 15 is 0 Å². The molecule has 0 amide bonds. The topological polar surface area (TPSA) is 72.6 Å². The number of furan rings is 1. The van der Waals surface area contributed by atoms with Gasteiger partial charge in [-0.25, -0.2) is 9.78 Å². The molecule has 0 saturated carbocycles. The van der Waals surface area contributed by atoms with Crippen molar-refractivity contribution in [2.45, 2.75) is 0 Å². The maximum atomic E-state index is 11.7. The first-order chi connectivity index (χ1) is 12.5. The van der Waals surface area contributed by atoms with Gasteiger partial charge in [0.05, 0.1) is 23.2 Å². The summed E-state index contributed by atoms with van der Waals surface area (Å²) in [6.45, 7) is 0. The van der Waals surface area contributed by atoms with Crippen molar-refractivity contribution in [2.75, 3.05) is 7.11 Å². The van der Waals surface area contributed by atoms with Gasteiger partial charge in [-0.2, -0.15) is 0 Å². The Hall–Kier alpha value is -2.76. The molecule has 0 spiro atoms. The SMILES string of the molecule is COc1cccc2cc(-c3cc(C(=O)O)c4cc(Cl)cc(Cl)c4n3)oc12. The summed E-state index contributed by atoms with van der Waals surface area (Å²) in [5.41, 5.74) is 1.31. The Morgan fingerprint density at radius 1 is 1.19 bits per heavy atom. The second-order valence-corrected chi connectivity index (χ2v) is 6.48. The van der Waals surface area contributed by atoms with Crippen LogP contribution in [0.1, 0.15) is 10.4 Å². The largest absolute Gasteiger partial charge is 0.493 e. The second kappa shape index (κ2) is 6.20. The Morgan fingerprint density at radius 3 is 2.73 bits per heavy atom. The van der Waals surface area contributed by atoms with Gasteiger partial charge in [-0.3, -0.25) is 0 Å². The number of ether oxygens (including phenoxy) is 1. The lowest BCUT2D eigenvalue weighted by Gasteiger charge is -2.07. The highest BCUT2D eigenvalue weighted by Crippen LogP contribution is 2.36. The van der Waals surface area contributed by atoms with Gasteiger partial charge in [0.1, 0.15) is 5.69 Å². The first-order valence-corrected chi connectivity index (χ1v) is 8.33. The lowest BCUT2D eigenvalue weighted by molar-refractivity contribution is 0.0699. The normalized spacial score (nSPS) is 11.2. The summed E-state index contributed by atoms with van der Waals surface area (Å²) < 4.78 is 11.2. The fourth-order valence-electron chi connectivity index (χ4n) is 2.88. The van der Waals surface area contributed by atoms with Crippen LogP contribution in [-0.4, -0.2) is 23.2 Å². The number of nitrogens with zero attached hydrogens (tertiary/aromatic N) is 1. The molecule has 2 aromatic heterocycles. The number of carboxylic acid groups (broad SMARTS) is 1. The van der Waals surface area contributed by atoms with E-state index < -0.39 is 5.97 Å². The summed E-state index contributed by atoms with van der Waals surface area (Å²) in [4.78, 5) is 16.2. The van der Waals surface area contributed by atoms with Crippen LogP contribution in [-0.2, 0) is 0 Å². The molecule has 0 atom stereocenters. The Bertz CT molecular complexity index is 1180. The second-order valence-electron chi connectivity index (χ2n) is 5.63. The molecule has 0 fully saturated rings. The number of fused-ring (bicyclic) bond motifs is 2. The molecule has 26 heavy (non-hydrogen) atoms. The minimum atomic E-state index is -1.11. The van der Waals surface area contributed by atoms with Crippen LogP contribution in [0, 0.1) is 0 Å². The number of rotatable bonds is 3. The lowest BCUT2D eigenvalue weighted by atomic mass is 10.1. The average molecular weight is 388 g/mol. The Labute approximate surface area is 157 Å². The molecule has 4 aromatic rings. The molecule has 0 bridgehead atoms. The van der Waals surface area contributed by atoms with E-state index in [0.29, 0.717) is 38.7 Å². The smallest absolute Gasteiger partial charge is 0.336 e. The number of methoxy groups -OCH3 is 1. The van der Waals surface area contributed by atoms with E-state index in [1.54, 1.807) is 19.2 Å². The maximum absolute atomic E-state index is 11.7. The van der Waals surface area contributed by atoms with Gasteiger partial charge in [-0.1, -0.05) is 35.3 Å². The maximum Gasteiger partial charge on any atom is 0.336 e. The molecule has 0 radical (unpaired) electrons. The van der Waals surface area contributed by atoms with Crippen LogP contribution in [0.25, 0.3) is 33.3 Å². The van der Waals surface area contributed by atoms with Crippen molar-refractivity contribution in [1.82, 2.24) is 4.98 Å². The monoisotopic (exact) mass is 387 g/mol. The first kappa shape index (κ1) is 16.7. The van der Waals surface area contributed by atoms with E-state index in [0.717, 1.165) is 5.39 Å². The van der Waals surface area contributed by atoms with Crippen LogP contribution >= 0.6 is 23.2 Å². The highest BCUT2D eigenvalue weighted by molar-refractivity contribution is 6.38. The fraction of sp³-hybridized carbons (Fsp3) is 0.0526. The molecule has 0 unspecified atom stereocenters. The molecule has 0 aliphatic heterocycles. The Balaban J connectivity index is 2.02. The van der Waals surface area contributed by atoms with E-state index in [1.807, 2.05) is 12.1 Å².